The Morgan fingerprint density at radius 3 is 2.53 bits per heavy atom. The van der Waals surface area contributed by atoms with E-state index in [1.54, 1.807) is 32.4 Å². The van der Waals surface area contributed by atoms with Crippen molar-refractivity contribution in [2.75, 3.05) is 50.6 Å². The lowest BCUT2D eigenvalue weighted by atomic mass is 10.0. The molecule has 0 spiro atoms. The zero-order valence-corrected chi connectivity index (χ0v) is 21.6. The Bertz CT molecular complexity index is 1190. The Morgan fingerprint density at radius 1 is 1.00 bits per heavy atom. The van der Waals surface area contributed by atoms with E-state index in [9.17, 15) is 4.79 Å². The molecule has 1 aromatic heterocycles. The molecular weight excluding hydrogens is 454 g/mol. The summed E-state index contributed by atoms with van der Waals surface area (Å²) in [6.07, 6.45) is 2.49. The molecule has 0 aliphatic carbocycles. The second-order valence-electron chi connectivity index (χ2n) is 8.86. The standard InChI is InChI=1S/C28H35N5O3/c1-5-24-23(18-21-10-7-6-8-11-21)27(30-20(2)29-24)32-14-9-15-33(17-16-32)28(34)31-25-13-12-22(35-3)19-26(25)36-4/h6-8,10-13,19H,5,9,14-18H2,1-4H3,(H,31,34). The molecular formula is C28H35N5O3. The van der Waals surface area contributed by atoms with Gasteiger partial charge in [-0.3, -0.25) is 0 Å². The summed E-state index contributed by atoms with van der Waals surface area (Å²) in [5.74, 6) is 3.01. The fourth-order valence-electron chi connectivity index (χ4n) is 4.60. The van der Waals surface area contributed by atoms with E-state index < -0.39 is 0 Å². The number of aryl methyl sites for hydroxylation is 2. The molecule has 3 aromatic rings. The van der Waals surface area contributed by atoms with E-state index in [-0.39, 0.29) is 6.03 Å². The predicted octanol–water partition coefficient (Wildman–Crippen LogP) is 4.70. The van der Waals surface area contributed by atoms with Gasteiger partial charge in [0.15, 0.2) is 0 Å². The molecule has 0 saturated carbocycles. The largest absolute Gasteiger partial charge is 0.497 e. The Morgan fingerprint density at radius 2 is 1.81 bits per heavy atom. The molecule has 1 saturated heterocycles. The van der Waals surface area contributed by atoms with Crippen molar-refractivity contribution >= 4 is 17.5 Å². The molecule has 190 valence electrons. The van der Waals surface area contributed by atoms with E-state index in [1.807, 2.05) is 17.9 Å². The average Bonchev–Trinajstić information content (AvgIpc) is 3.16. The number of hydrogen-bond donors (Lipinski definition) is 1. The molecule has 1 aliphatic rings. The van der Waals surface area contributed by atoms with Gasteiger partial charge in [0.25, 0.3) is 0 Å². The minimum atomic E-state index is -0.141. The first-order valence-corrected chi connectivity index (χ1v) is 12.5. The molecule has 36 heavy (non-hydrogen) atoms. The molecule has 8 heteroatoms. The topological polar surface area (TPSA) is 79.8 Å². The Labute approximate surface area is 213 Å². The van der Waals surface area contributed by atoms with Crippen LogP contribution in [0.5, 0.6) is 11.5 Å². The third-order valence-electron chi connectivity index (χ3n) is 6.47. The van der Waals surface area contributed by atoms with E-state index in [0.29, 0.717) is 36.8 Å². The van der Waals surface area contributed by atoms with Crippen molar-refractivity contribution in [3.05, 3.63) is 71.2 Å². The normalized spacial score (nSPS) is 13.8. The molecule has 1 fully saturated rings. The number of nitrogens with one attached hydrogen (secondary N) is 1. The van der Waals surface area contributed by atoms with Crippen molar-refractivity contribution in [3.63, 3.8) is 0 Å². The molecule has 2 heterocycles. The van der Waals surface area contributed by atoms with Gasteiger partial charge in [-0.25, -0.2) is 14.8 Å². The van der Waals surface area contributed by atoms with Crippen LogP contribution in [0.3, 0.4) is 0 Å². The van der Waals surface area contributed by atoms with E-state index in [0.717, 1.165) is 43.1 Å². The van der Waals surface area contributed by atoms with Crippen LogP contribution in [0.1, 0.15) is 36.0 Å². The van der Waals surface area contributed by atoms with Crippen LogP contribution in [-0.2, 0) is 12.8 Å². The third-order valence-corrected chi connectivity index (χ3v) is 6.47. The fraction of sp³-hybridized carbons (Fsp3) is 0.393. The second-order valence-corrected chi connectivity index (χ2v) is 8.86. The number of carbonyl (C=O) groups excluding carboxylic acids is 1. The van der Waals surface area contributed by atoms with Crippen molar-refractivity contribution in [3.8, 4) is 11.5 Å². The van der Waals surface area contributed by atoms with Crippen LogP contribution < -0.4 is 19.7 Å². The van der Waals surface area contributed by atoms with Gasteiger partial charge in [-0.1, -0.05) is 37.3 Å². The lowest BCUT2D eigenvalue weighted by Gasteiger charge is -2.26. The first kappa shape index (κ1) is 25.3. The average molecular weight is 490 g/mol. The monoisotopic (exact) mass is 489 g/mol. The number of ether oxygens (including phenoxy) is 2. The fourth-order valence-corrected chi connectivity index (χ4v) is 4.60. The number of benzene rings is 2. The van der Waals surface area contributed by atoms with Crippen molar-refractivity contribution in [2.24, 2.45) is 0 Å². The quantitative estimate of drug-likeness (QED) is 0.518. The van der Waals surface area contributed by atoms with Crippen LogP contribution in [0.25, 0.3) is 0 Å². The van der Waals surface area contributed by atoms with E-state index in [4.69, 9.17) is 19.4 Å². The highest BCUT2D eigenvalue weighted by Gasteiger charge is 2.24. The van der Waals surface area contributed by atoms with Crippen molar-refractivity contribution in [1.82, 2.24) is 14.9 Å². The van der Waals surface area contributed by atoms with Crippen LogP contribution >= 0.6 is 0 Å². The minimum Gasteiger partial charge on any atom is -0.497 e. The minimum absolute atomic E-state index is 0.141. The first-order valence-electron chi connectivity index (χ1n) is 12.5. The number of carbonyl (C=O) groups is 1. The van der Waals surface area contributed by atoms with Crippen molar-refractivity contribution in [2.45, 2.75) is 33.1 Å². The molecule has 4 rings (SSSR count). The van der Waals surface area contributed by atoms with Gasteiger partial charge in [0.1, 0.15) is 23.1 Å². The van der Waals surface area contributed by atoms with E-state index in [1.165, 1.54) is 11.1 Å². The molecule has 1 N–H and O–H groups in total. The second kappa shape index (κ2) is 11.7. The summed E-state index contributed by atoms with van der Waals surface area (Å²) < 4.78 is 10.7. The predicted molar refractivity (Wildman–Crippen MR) is 142 cm³/mol. The van der Waals surface area contributed by atoms with Gasteiger partial charge < -0.3 is 24.6 Å². The van der Waals surface area contributed by atoms with Gasteiger partial charge >= 0.3 is 6.03 Å². The smallest absolute Gasteiger partial charge is 0.322 e. The number of hydrogen-bond acceptors (Lipinski definition) is 6. The SMILES string of the molecule is CCc1nc(C)nc(N2CCCN(C(=O)Nc3ccc(OC)cc3OC)CC2)c1Cc1ccccc1. The highest BCUT2D eigenvalue weighted by atomic mass is 16.5. The number of aromatic nitrogens is 2. The van der Waals surface area contributed by atoms with Gasteiger partial charge in [0.2, 0.25) is 0 Å². The van der Waals surface area contributed by atoms with Gasteiger partial charge in [0.05, 0.1) is 19.9 Å². The number of methoxy groups -OCH3 is 2. The molecule has 0 unspecified atom stereocenters. The van der Waals surface area contributed by atoms with E-state index >= 15 is 0 Å². The van der Waals surface area contributed by atoms with Crippen LogP contribution in [0, 0.1) is 6.92 Å². The number of urea groups is 1. The number of amides is 2. The van der Waals surface area contributed by atoms with Gasteiger partial charge in [-0.2, -0.15) is 0 Å². The lowest BCUT2D eigenvalue weighted by Crippen LogP contribution is -2.38. The maximum Gasteiger partial charge on any atom is 0.322 e. The molecule has 2 amide bonds. The van der Waals surface area contributed by atoms with E-state index in [2.05, 4.69) is 41.4 Å². The number of anilines is 2. The summed E-state index contributed by atoms with van der Waals surface area (Å²) in [6, 6.07) is 15.7. The lowest BCUT2D eigenvalue weighted by molar-refractivity contribution is 0.215. The number of rotatable bonds is 7. The summed E-state index contributed by atoms with van der Waals surface area (Å²) in [4.78, 5) is 26.9. The van der Waals surface area contributed by atoms with Gasteiger partial charge in [-0.15, -0.1) is 0 Å². The number of nitrogens with zero attached hydrogens (tertiary/aromatic N) is 4. The van der Waals surface area contributed by atoms with Gasteiger partial charge in [-0.05, 0) is 37.5 Å². The molecule has 1 aliphatic heterocycles. The van der Waals surface area contributed by atoms with Crippen LogP contribution in [0.4, 0.5) is 16.3 Å². The maximum atomic E-state index is 13.1. The first-order chi connectivity index (χ1) is 17.5. The summed E-state index contributed by atoms with van der Waals surface area (Å²) in [7, 11) is 3.18. The van der Waals surface area contributed by atoms with Crippen molar-refractivity contribution in [1.29, 1.82) is 0 Å². The Balaban J connectivity index is 1.51. The van der Waals surface area contributed by atoms with Crippen LogP contribution in [-0.4, -0.2) is 61.3 Å². The molecule has 2 aromatic carbocycles. The summed E-state index contributed by atoms with van der Waals surface area (Å²) in [5.41, 5.74) is 4.13. The Kier molecular flexibility index (Phi) is 8.25. The maximum absolute atomic E-state index is 13.1. The summed E-state index contributed by atoms with van der Waals surface area (Å²) >= 11 is 0. The zero-order valence-electron chi connectivity index (χ0n) is 21.6. The van der Waals surface area contributed by atoms with Gasteiger partial charge in [0, 0.05) is 49.9 Å². The molecule has 0 atom stereocenters. The third kappa shape index (κ3) is 5.87. The van der Waals surface area contributed by atoms with Crippen LogP contribution in [0.2, 0.25) is 0 Å². The summed E-state index contributed by atoms with van der Waals surface area (Å²) in [6.45, 7) is 6.89. The zero-order chi connectivity index (χ0) is 25.5. The molecule has 0 bridgehead atoms. The van der Waals surface area contributed by atoms with Crippen molar-refractivity contribution < 1.29 is 14.3 Å². The Hall–Kier alpha value is -3.81. The van der Waals surface area contributed by atoms with Crippen LogP contribution in [0.15, 0.2) is 48.5 Å². The highest BCUT2D eigenvalue weighted by Crippen LogP contribution is 2.30. The highest BCUT2D eigenvalue weighted by molar-refractivity contribution is 5.91. The summed E-state index contributed by atoms with van der Waals surface area (Å²) in [5, 5.41) is 3.00. The molecule has 0 radical (unpaired) electrons. The molecule has 8 nitrogen and oxygen atoms in total.